The molecule has 0 saturated carbocycles. The van der Waals surface area contributed by atoms with Gasteiger partial charge in [-0.1, -0.05) is 60.3 Å². The molecule has 0 aliphatic heterocycles. The van der Waals surface area contributed by atoms with E-state index in [1.165, 1.54) is 11.8 Å². The molecule has 1 amide bonds. The maximum absolute atomic E-state index is 12.5. The van der Waals surface area contributed by atoms with Crippen molar-refractivity contribution in [1.29, 1.82) is 0 Å². The summed E-state index contributed by atoms with van der Waals surface area (Å²) in [6.45, 7) is 0. The van der Waals surface area contributed by atoms with E-state index in [0.717, 1.165) is 16.5 Å². The lowest BCUT2D eigenvalue weighted by molar-refractivity contribution is -0.113. The second-order valence-corrected chi connectivity index (χ2v) is 7.80. The summed E-state index contributed by atoms with van der Waals surface area (Å²) in [4.78, 5) is 15.7. The molecule has 0 fully saturated rings. The summed E-state index contributed by atoms with van der Waals surface area (Å²) in [6.07, 6.45) is 1.84. The maximum atomic E-state index is 12.5. The van der Waals surface area contributed by atoms with E-state index < -0.39 is 0 Å². The van der Waals surface area contributed by atoms with Crippen molar-refractivity contribution in [3.63, 3.8) is 0 Å². The van der Waals surface area contributed by atoms with Crippen molar-refractivity contribution < 1.29 is 13.9 Å². The quantitative estimate of drug-likeness (QED) is 0.312. The number of ether oxygens (including phenoxy) is 1. The molecule has 158 valence electrons. The highest BCUT2D eigenvalue weighted by molar-refractivity contribution is 7.99. The largest absolute Gasteiger partial charge is 0.455 e. The number of anilines is 1. The normalized spacial score (nSPS) is 10.9. The number of H-pyrrole nitrogens is 1. The number of para-hydroxylation sites is 4. The highest BCUT2D eigenvalue weighted by Gasteiger charge is 2.15. The minimum absolute atomic E-state index is 0.120. The van der Waals surface area contributed by atoms with Gasteiger partial charge in [-0.05, 0) is 30.3 Å². The molecule has 2 heterocycles. The molecule has 5 rings (SSSR count). The summed E-state index contributed by atoms with van der Waals surface area (Å²) >= 11 is 1.18. The molecule has 0 spiro atoms. The number of carbonyl (C=O) groups excluding carboxylic acids is 1. The Hall–Kier alpha value is -4.04. The lowest BCUT2D eigenvalue weighted by Crippen LogP contribution is -2.14. The first-order valence-corrected chi connectivity index (χ1v) is 10.9. The molecule has 3 aromatic carbocycles. The summed E-state index contributed by atoms with van der Waals surface area (Å²) in [5.74, 6) is 1.59. The zero-order chi connectivity index (χ0) is 21.8. The number of nitrogens with one attached hydrogen (secondary N) is 2. The second kappa shape index (κ2) is 8.99. The van der Waals surface area contributed by atoms with Crippen LogP contribution in [-0.4, -0.2) is 26.8 Å². The van der Waals surface area contributed by atoms with E-state index in [1.807, 2.05) is 72.9 Å². The Morgan fingerprint density at radius 3 is 2.66 bits per heavy atom. The number of hydrogen-bond acceptors (Lipinski definition) is 6. The van der Waals surface area contributed by atoms with E-state index in [1.54, 1.807) is 12.1 Å². The number of aromatic nitrogens is 3. The Morgan fingerprint density at radius 1 is 0.969 bits per heavy atom. The van der Waals surface area contributed by atoms with Crippen LogP contribution >= 0.6 is 11.8 Å². The van der Waals surface area contributed by atoms with Crippen LogP contribution in [0.2, 0.25) is 0 Å². The van der Waals surface area contributed by atoms with E-state index in [9.17, 15) is 4.79 Å². The molecule has 8 heteroatoms. The molecule has 0 aliphatic carbocycles. The standard InChI is InChI=1S/C24H18N4O3S/c29-22(26-20-12-6-7-13-21(20)30-16-8-2-1-3-9-16)15-32-24-28-27-23(31-24)18-14-25-19-11-5-4-10-17(18)19/h1-14,25H,15H2,(H,26,29). The summed E-state index contributed by atoms with van der Waals surface area (Å²) in [5, 5.41) is 12.4. The molecular weight excluding hydrogens is 424 g/mol. The molecule has 7 nitrogen and oxygen atoms in total. The fourth-order valence-corrected chi connectivity index (χ4v) is 3.78. The monoisotopic (exact) mass is 442 g/mol. The van der Waals surface area contributed by atoms with E-state index in [-0.39, 0.29) is 11.7 Å². The van der Waals surface area contributed by atoms with E-state index in [4.69, 9.17) is 9.15 Å². The number of amides is 1. The van der Waals surface area contributed by atoms with Gasteiger partial charge in [0.1, 0.15) is 5.75 Å². The fraction of sp³-hybridized carbons (Fsp3) is 0.0417. The molecule has 0 aliphatic rings. The number of aromatic amines is 1. The third-order valence-electron chi connectivity index (χ3n) is 4.69. The topological polar surface area (TPSA) is 93.0 Å². The number of nitrogens with zero attached hydrogens (tertiary/aromatic N) is 2. The van der Waals surface area contributed by atoms with Crippen molar-refractivity contribution in [1.82, 2.24) is 15.2 Å². The predicted molar refractivity (Wildman–Crippen MR) is 124 cm³/mol. The van der Waals surface area contributed by atoms with Crippen LogP contribution in [0.4, 0.5) is 5.69 Å². The van der Waals surface area contributed by atoms with Crippen molar-refractivity contribution in [2.45, 2.75) is 5.22 Å². The van der Waals surface area contributed by atoms with Crippen LogP contribution < -0.4 is 10.1 Å². The average Bonchev–Trinajstić information content (AvgIpc) is 3.46. The number of benzene rings is 3. The predicted octanol–water partition coefficient (Wildman–Crippen LogP) is 5.74. The Balaban J connectivity index is 1.23. The minimum Gasteiger partial charge on any atom is -0.455 e. The van der Waals surface area contributed by atoms with Crippen LogP contribution in [0, 0.1) is 0 Å². The molecule has 0 bridgehead atoms. The second-order valence-electron chi connectivity index (χ2n) is 6.87. The fourth-order valence-electron chi connectivity index (χ4n) is 3.21. The Bertz CT molecular complexity index is 1360. The van der Waals surface area contributed by atoms with E-state index in [0.29, 0.717) is 28.3 Å². The highest BCUT2D eigenvalue weighted by atomic mass is 32.2. The number of thioether (sulfide) groups is 1. The third-order valence-corrected chi connectivity index (χ3v) is 5.50. The highest BCUT2D eigenvalue weighted by Crippen LogP contribution is 2.31. The van der Waals surface area contributed by atoms with Crippen molar-refractivity contribution in [3.8, 4) is 23.0 Å². The Kier molecular flexibility index (Phi) is 5.59. The van der Waals surface area contributed by atoms with Crippen LogP contribution in [0.15, 0.2) is 94.7 Å². The van der Waals surface area contributed by atoms with E-state index >= 15 is 0 Å². The van der Waals surface area contributed by atoms with Crippen LogP contribution in [0.5, 0.6) is 11.5 Å². The van der Waals surface area contributed by atoms with Gasteiger partial charge in [-0.2, -0.15) is 0 Å². The molecule has 0 unspecified atom stereocenters. The number of fused-ring (bicyclic) bond motifs is 1. The van der Waals surface area contributed by atoms with Gasteiger partial charge in [0.25, 0.3) is 11.1 Å². The molecule has 32 heavy (non-hydrogen) atoms. The van der Waals surface area contributed by atoms with Crippen LogP contribution in [0.25, 0.3) is 22.4 Å². The Labute approximate surface area is 187 Å². The summed E-state index contributed by atoms with van der Waals surface area (Å²) in [6, 6.07) is 24.6. The molecule has 2 N–H and O–H groups in total. The average molecular weight is 443 g/mol. The van der Waals surface area contributed by atoms with Crippen molar-refractivity contribution in [2.75, 3.05) is 11.1 Å². The molecule has 2 aromatic heterocycles. The lowest BCUT2D eigenvalue weighted by Gasteiger charge is -2.11. The van der Waals surface area contributed by atoms with Gasteiger partial charge in [-0.3, -0.25) is 4.79 Å². The lowest BCUT2D eigenvalue weighted by atomic mass is 10.2. The summed E-state index contributed by atoms with van der Waals surface area (Å²) < 4.78 is 11.6. The number of rotatable bonds is 7. The van der Waals surface area contributed by atoms with Gasteiger partial charge in [0.05, 0.1) is 17.0 Å². The van der Waals surface area contributed by atoms with Crippen LogP contribution in [0.3, 0.4) is 0 Å². The van der Waals surface area contributed by atoms with Gasteiger partial charge in [-0.15, -0.1) is 10.2 Å². The zero-order valence-corrected chi connectivity index (χ0v) is 17.6. The van der Waals surface area contributed by atoms with Gasteiger partial charge in [0.2, 0.25) is 5.91 Å². The summed E-state index contributed by atoms with van der Waals surface area (Å²) in [5.41, 5.74) is 2.41. The van der Waals surface area contributed by atoms with Crippen molar-refractivity contribution >= 4 is 34.3 Å². The third kappa shape index (κ3) is 4.35. The van der Waals surface area contributed by atoms with Gasteiger partial charge >= 0.3 is 0 Å². The van der Waals surface area contributed by atoms with Crippen LogP contribution in [-0.2, 0) is 4.79 Å². The van der Waals surface area contributed by atoms with Gasteiger partial charge in [-0.25, -0.2) is 0 Å². The van der Waals surface area contributed by atoms with Crippen molar-refractivity contribution in [3.05, 3.63) is 85.1 Å². The Morgan fingerprint density at radius 2 is 1.75 bits per heavy atom. The van der Waals surface area contributed by atoms with Gasteiger partial charge in [0, 0.05) is 17.1 Å². The molecule has 0 atom stereocenters. The maximum Gasteiger partial charge on any atom is 0.277 e. The number of carbonyl (C=O) groups is 1. The SMILES string of the molecule is O=C(CSc1nnc(-c2c[nH]c3ccccc23)o1)Nc1ccccc1Oc1ccccc1. The number of hydrogen-bond donors (Lipinski definition) is 2. The molecule has 0 saturated heterocycles. The first kappa shape index (κ1) is 19.9. The van der Waals surface area contributed by atoms with E-state index in [2.05, 4.69) is 20.5 Å². The van der Waals surface area contributed by atoms with Crippen molar-refractivity contribution in [2.24, 2.45) is 0 Å². The molecule has 0 radical (unpaired) electrons. The smallest absolute Gasteiger partial charge is 0.277 e. The molecule has 5 aromatic rings. The first-order chi connectivity index (χ1) is 15.8. The molecular formula is C24H18N4O3S. The minimum atomic E-state index is -0.203. The van der Waals surface area contributed by atoms with Crippen LogP contribution in [0.1, 0.15) is 0 Å². The van der Waals surface area contributed by atoms with Gasteiger partial charge < -0.3 is 19.5 Å². The summed E-state index contributed by atoms with van der Waals surface area (Å²) in [7, 11) is 0. The van der Waals surface area contributed by atoms with Gasteiger partial charge in [0.15, 0.2) is 5.75 Å². The first-order valence-electron chi connectivity index (χ1n) is 9.91. The zero-order valence-electron chi connectivity index (χ0n) is 16.8.